The number of nitrogen functional groups attached to an aromatic ring is 1. The number of hydrogen-bond donors (Lipinski definition) is 2. The zero-order valence-corrected chi connectivity index (χ0v) is 11.9. The molecule has 0 saturated heterocycles. The lowest BCUT2D eigenvalue weighted by Gasteiger charge is -2.13. The fourth-order valence-corrected chi connectivity index (χ4v) is 2.60. The minimum atomic E-state index is -0.177. The van der Waals surface area contributed by atoms with Crippen LogP contribution < -0.4 is 15.8 Å². The summed E-state index contributed by atoms with van der Waals surface area (Å²) in [4.78, 5) is 12.8. The number of carbonyl (C=O) groups is 1. The van der Waals surface area contributed by atoms with E-state index in [-0.39, 0.29) is 5.91 Å². The predicted molar refractivity (Wildman–Crippen MR) is 79.2 cm³/mol. The number of methoxy groups -OCH3 is 1. The summed E-state index contributed by atoms with van der Waals surface area (Å²) in [7, 11) is 1.55. The van der Waals surface area contributed by atoms with Crippen LogP contribution in [0.25, 0.3) is 0 Å². The van der Waals surface area contributed by atoms with Crippen LogP contribution in [-0.2, 0) is 0 Å². The summed E-state index contributed by atoms with van der Waals surface area (Å²) in [5.41, 5.74) is 9.16. The number of aryl methyl sites for hydroxylation is 1. The van der Waals surface area contributed by atoms with Gasteiger partial charge in [0.2, 0.25) is 0 Å². The molecule has 19 heavy (non-hydrogen) atoms. The molecule has 2 aromatic rings. The average Bonchev–Trinajstić information content (AvgIpc) is 2.87. The topological polar surface area (TPSA) is 64.3 Å². The maximum Gasteiger partial charge on any atom is 0.269 e. The van der Waals surface area contributed by atoms with E-state index < -0.39 is 0 Å². The van der Waals surface area contributed by atoms with Crippen LogP contribution in [0.15, 0.2) is 23.6 Å². The first-order chi connectivity index (χ1) is 9.04. The summed E-state index contributed by atoms with van der Waals surface area (Å²) in [5.74, 6) is 0.408. The molecule has 0 saturated carbocycles. The van der Waals surface area contributed by atoms with Crippen LogP contribution in [0, 0.1) is 13.8 Å². The molecule has 0 unspecified atom stereocenters. The number of nitrogens with one attached hydrogen (secondary N) is 1. The van der Waals surface area contributed by atoms with Crippen molar-refractivity contribution < 1.29 is 9.53 Å². The third-order valence-corrected chi connectivity index (χ3v) is 3.90. The van der Waals surface area contributed by atoms with E-state index >= 15 is 0 Å². The van der Waals surface area contributed by atoms with E-state index in [4.69, 9.17) is 10.5 Å². The smallest absolute Gasteiger partial charge is 0.269 e. The van der Waals surface area contributed by atoms with Crippen molar-refractivity contribution in [3.8, 4) is 5.75 Å². The van der Waals surface area contributed by atoms with Crippen LogP contribution in [0.3, 0.4) is 0 Å². The second-order valence-corrected chi connectivity index (χ2v) is 5.16. The van der Waals surface area contributed by atoms with Gasteiger partial charge in [0.05, 0.1) is 7.11 Å². The lowest BCUT2D eigenvalue weighted by molar-refractivity contribution is 0.102. The van der Waals surface area contributed by atoms with E-state index in [1.807, 2.05) is 31.4 Å². The Morgan fingerprint density at radius 3 is 2.74 bits per heavy atom. The van der Waals surface area contributed by atoms with Gasteiger partial charge in [0.25, 0.3) is 5.91 Å². The molecule has 0 atom stereocenters. The molecule has 0 radical (unpaired) electrons. The normalized spacial score (nSPS) is 10.3. The maximum atomic E-state index is 12.2. The second kappa shape index (κ2) is 5.32. The van der Waals surface area contributed by atoms with Gasteiger partial charge in [-0.25, -0.2) is 0 Å². The highest BCUT2D eigenvalue weighted by molar-refractivity contribution is 7.12. The van der Waals surface area contributed by atoms with E-state index in [9.17, 15) is 4.79 Å². The fourth-order valence-electron chi connectivity index (χ4n) is 1.85. The number of nitrogens with two attached hydrogens (primary N) is 1. The standard InChI is InChI=1S/C14H16N2O2S/c1-8-4-5-10(15)9(2)12(8)16-14(17)13-11(18-3)6-7-19-13/h4-7H,15H2,1-3H3,(H,16,17). The largest absolute Gasteiger partial charge is 0.495 e. The average molecular weight is 276 g/mol. The summed E-state index contributed by atoms with van der Waals surface area (Å²) in [6, 6.07) is 5.51. The minimum absolute atomic E-state index is 0.177. The van der Waals surface area contributed by atoms with Gasteiger partial charge in [0.1, 0.15) is 10.6 Å². The second-order valence-electron chi connectivity index (χ2n) is 4.24. The van der Waals surface area contributed by atoms with Crippen molar-refractivity contribution in [3.05, 3.63) is 39.6 Å². The zero-order valence-electron chi connectivity index (χ0n) is 11.1. The van der Waals surface area contributed by atoms with Crippen molar-refractivity contribution in [3.63, 3.8) is 0 Å². The first-order valence-electron chi connectivity index (χ1n) is 5.83. The summed E-state index contributed by atoms with van der Waals surface area (Å²) in [6.07, 6.45) is 0. The van der Waals surface area contributed by atoms with Crippen LogP contribution in [0.5, 0.6) is 5.75 Å². The van der Waals surface area contributed by atoms with Gasteiger partial charge >= 0.3 is 0 Å². The number of ether oxygens (including phenoxy) is 1. The first kappa shape index (κ1) is 13.4. The Morgan fingerprint density at radius 2 is 2.05 bits per heavy atom. The van der Waals surface area contributed by atoms with Crippen LogP contribution >= 0.6 is 11.3 Å². The predicted octanol–water partition coefficient (Wildman–Crippen LogP) is 3.21. The van der Waals surface area contributed by atoms with Crippen LogP contribution in [0.4, 0.5) is 11.4 Å². The van der Waals surface area contributed by atoms with E-state index in [0.717, 1.165) is 16.8 Å². The Hall–Kier alpha value is -2.01. The molecule has 0 aliphatic rings. The molecule has 5 heteroatoms. The Morgan fingerprint density at radius 1 is 1.32 bits per heavy atom. The molecular weight excluding hydrogens is 260 g/mol. The third kappa shape index (κ3) is 2.56. The van der Waals surface area contributed by atoms with Crippen molar-refractivity contribution in [2.24, 2.45) is 0 Å². The van der Waals surface area contributed by atoms with Gasteiger partial charge in [-0.2, -0.15) is 0 Å². The Labute approximate surface area is 116 Å². The summed E-state index contributed by atoms with van der Waals surface area (Å²) < 4.78 is 5.15. The van der Waals surface area contributed by atoms with Gasteiger partial charge in [-0.05, 0) is 42.5 Å². The Kier molecular flexibility index (Phi) is 3.76. The molecule has 1 amide bonds. The van der Waals surface area contributed by atoms with Crippen LogP contribution in [0.2, 0.25) is 0 Å². The fraction of sp³-hybridized carbons (Fsp3) is 0.214. The van der Waals surface area contributed by atoms with Gasteiger partial charge in [0.15, 0.2) is 0 Å². The molecular formula is C14H16N2O2S. The number of carbonyl (C=O) groups excluding carboxylic acids is 1. The van der Waals surface area contributed by atoms with Crippen LogP contribution in [0.1, 0.15) is 20.8 Å². The molecule has 4 nitrogen and oxygen atoms in total. The highest BCUT2D eigenvalue weighted by atomic mass is 32.1. The number of benzene rings is 1. The number of amides is 1. The molecule has 1 aromatic heterocycles. The van der Waals surface area contributed by atoms with Crippen molar-refractivity contribution in [1.29, 1.82) is 0 Å². The summed E-state index contributed by atoms with van der Waals surface area (Å²) in [5, 5.41) is 4.73. The number of anilines is 2. The van der Waals surface area contributed by atoms with Crippen LogP contribution in [-0.4, -0.2) is 13.0 Å². The van der Waals surface area contributed by atoms with Gasteiger partial charge in [-0.1, -0.05) is 6.07 Å². The molecule has 0 spiro atoms. The van der Waals surface area contributed by atoms with E-state index in [1.165, 1.54) is 11.3 Å². The van der Waals surface area contributed by atoms with Crippen molar-refractivity contribution in [2.45, 2.75) is 13.8 Å². The van der Waals surface area contributed by atoms with E-state index in [0.29, 0.717) is 16.3 Å². The molecule has 1 aromatic carbocycles. The highest BCUT2D eigenvalue weighted by Gasteiger charge is 2.16. The lowest BCUT2D eigenvalue weighted by Crippen LogP contribution is -2.13. The molecule has 2 rings (SSSR count). The highest BCUT2D eigenvalue weighted by Crippen LogP contribution is 2.29. The van der Waals surface area contributed by atoms with Gasteiger partial charge < -0.3 is 15.8 Å². The van der Waals surface area contributed by atoms with Crippen molar-refractivity contribution >= 4 is 28.6 Å². The molecule has 3 N–H and O–H groups in total. The first-order valence-corrected chi connectivity index (χ1v) is 6.71. The Balaban J connectivity index is 2.32. The molecule has 0 bridgehead atoms. The van der Waals surface area contributed by atoms with E-state index in [2.05, 4.69) is 5.32 Å². The maximum absolute atomic E-state index is 12.2. The molecule has 0 fully saturated rings. The van der Waals surface area contributed by atoms with E-state index in [1.54, 1.807) is 13.2 Å². The van der Waals surface area contributed by atoms with Gasteiger partial charge in [-0.15, -0.1) is 11.3 Å². The van der Waals surface area contributed by atoms with Crippen molar-refractivity contribution in [2.75, 3.05) is 18.2 Å². The lowest BCUT2D eigenvalue weighted by atomic mass is 10.1. The van der Waals surface area contributed by atoms with Gasteiger partial charge in [-0.3, -0.25) is 4.79 Å². The number of hydrogen-bond acceptors (Lipinski definition) is 4. The summed E-state index contributed by atoms with van der Waals surface area (Å²) >= 11 is 1.35. The Bertz CT molecular complexity index is 620. The zero-order chi connectivity index (χ0) is 14.0. The molecule has 100 valence electrons. The van der Waals surface area contributed by atoms with Gasteiger partial charge in [0, 0.05) is 11.4 Å². The number of rotatable bonds is 3. The molecule has 1 heterocycles. The number of thiophene rings is 1. The van der Waals surface area contributed by atoms with Crippen molar-refractivity contribution in [1.82, 2.24) is 0 Å². The molecule has 0 aliphatic heterocycles. The summed E-state index contributed by atoms with van der Waals surface area (Å²) in [6.45, 7) is 3.83. The third-order valence-electron chi connectivity index (χ3n) is 3.01. The quantitative estimate of drug-likeness (QED) is 0.846. The molecule has 0 aliphatic carbocycles. The SMILES string of the molecule is COc1ccsc1C(=O)Nc1c(C)ccc(N)c1C. The minimum Gasteiger partial charge on any atom is -0.495 e. The monoisotopic (exact) mass is 276 g/mol.